The van der Waals surface area contributed by atoms with E-state index in [0.29, 0.717) is 11.6 Å². The first-order valence-corrected chi connectivity index (χ1v) is 9.73. The molecule has 0 unspecified atom stereocenters. The van der Waals surface area contributed by atoms with E-state index < -0.39 is 0 Å². The number of aliphatic imine (C=N–C) groups is 1. The number of anilines is 1. The number of H-pyrrole nitrogens is 1. The van der Waals surface area contributed by atoms with Gasteiger partial charge in [-0.25, -0.2) is 4.99 Å². The zero-order chi connectivity index (χ0) is 18.8. The van der Waals surface area contributed by atoms with Crippen LogP contribution in [0.4, 0.5) is 11.4 Å². The second kappa shape index (κ2) is 7.56. The molecule has 0 atom stereocenters. The Kier molecular flexibility index (Phi) is 4.99. The Morgan fingerprint density at radius 1 is 1.19 bits per heavy atom. The summed E-state index contributed by atoms with van der Waals surface area (Å²) in [5.41, 5.74) is 10.7. The van der Waals surface area contributed by atoms with Gasteiger partial charge in [0.05, 0.1) is 11.4 Å². The van der Waals surface area contributed by atoms with Crippen molar-refractivity contribution in [2.75, 3.05) is 12.4 Å². The van der Waals surface area contributed by atoms with E-state index in [9.17, 15) is 4.79 Å². The summed E-state index contributed by atoms with van der Waals surface area (Å²) in [7, 11) is 2.10. The van der Waals surface area contributed by atoms with E-state index >= 15 is 0 Å². The van der Waals surface area contributed by atoms with Gasteiger partial charge in [-0.1, -0.05) is 25.3 Å². The molecule has 4 N–H and O–H groups in total. The Hall–Kier alpha value is -2.60. The van der Waals surface area contributed by atoms with Crippen LogP contribution in [-0.2, 0) is 13.1 Å². The fourth-order valence-corrected chi connectivity index (χ4v) is 4.14. The van der Waals surface area contributed by atoms with Gasteiger partial charge in [-0.15, -0.1) is 0 Å². The highest BCUT2D eigenvalue weighted by Gasteiger charge is 2.19. The van der Waals surface area contributed by atoms with Crippen molar-refractivity contribution >= 4 is 17.2 Å². The van der Waals surface area contributed by atoms with Crippen LogP contribution in [0.15, 0.2) is 40.2 Å². The molecule has 2 aliphatic rings. The van der Waals surface area contributed by atoms with E-state index in [2.05, 4.69) is 39.4 Å². The highest BCUT2D eigenvalue weighted by molar-refractivity contribution is 6.03. The van der Waals surface area contributed by atoms with Crippen LogP contribution < -0.4 is 16.6 Å². The summed E-state index contributed by atoms with van der Waals surface area (Å²) in [6.45, 7) is 1.88. The Balaban J connectivity index is 1.63. The van der Waals surface area contributed by atoms with E-state index in [1.807, 2.05) is 12.1 Å². The Labute approximate surface area is 159 Å². The predicted octanol–water partition coefficient (Wildman–Crippen LogP) is 3.10. The van der Waals surface area contributed by atoms with E-state index in [1.54, 1.807) is 6.20 Å². The number of nitrogens with one attached hydrogen (secondary N) is 2. The van der Waals surface area contributed by atoms with Gasteiger partial charge < -0.3 is 16.0 Å². The summed E-state index contributed by atoms with van der Waals surface area (Å²) in [6.07, 6.45) is 7.66. The van der Waals surface area contributed by atoms with Gasteiger partial charge in [-0.2, -0.15) is 0 Å². The third kappa shape index (κ3) is 3.90. The molecule has 1 saturated carbocycles. The number of nitrogens with zero attached hydrogens (tertiary/aromatic N) is 2. The fourth-order valence-electron chi connectivity index (χ4n) is 4.14. The number of pyridine rings is 1. The number of hydrogen-bond acceptors (Lipinski definition) is 4. The molecule has 4 rings (SSSR count). The van der Waals surface area contributed by atoms with Crippen molar-refractivity contribution in [1.82, 2.24) is 9.88 Å². The number of aromatic nitrogens is 1. The molecule has 0 spiro atoms. The van der Waals surface area contributed by atoms with Crippen molar-refractivity contribution in [2.45, 2.75) is 51.2 Å². The summed E-state index contributed by atoms with van der Waals surface area (Å²) >= 11 is 0. The minimum Gasteiger partial charge on any atom is -0.383 e. The summed E-state index contributed by atoms with van der Waals surface area (Å²) in [5.74, 6) is 0.251. The minimum atomic E-state index is -0.210. The smallest absolute Gasteiger partial charge is 0.261 e. The van der Waals surface area contributed by atoms with E-state index in [-0.39, 0.29) is 11.4 Å². The maximum Gasteiger partial charge on any atom is 0.261 e. The maximum atomic E-state index is 12.5. The van der Waals surface area contributed by atoms with Gasteiger partial charge in [0.15, 0.2) is 0 Å². The molecule has 0 saturated heterocycles. The van der Waals surface area contributed by atoms with Crippen molar-refractivity contribution in [2.24, 2.45) is 10.7 Å². The molecular formula is C21H27N5O. The summed E-state index contributed by atoms with van der Waals surface area (Å²) in [5, 5.41) is 3.52. The minimum absolute atomic E-state index is 0.210. The SMILES string of the molecule is CN1Cc2ccc(N=C(N)c3c(NC4CCCCC4)cc[nH]c3=O)cc2C1. The lowest BCUT2D eigenvalue weighted by Gasteiger charge is -2.24. The summed E-state index contributed by atoms with van der Waals surface area (Å²) < 4.78 is 0. The number of rotatable bonds is 4. The van der Waals surface area contributed by atoms with Crippen LogP contribution in [0.3, 0.4) is 0 Å². The molecule has 2 aromatic rings. The Morgan fingerprint density at radius 2 is 1.96 bits per heavy atom. The lowest BCUT2D eigenvalue weighted by Crippen LogP contribution is -2.29. The molecule has 6 heteroatoms. The Bertz CT molecular complexity index is 911. The monoisotopic (exact) mass is 365 g/mol. The van der Waals surface area contributed by atoms with Gasteiger partial charge in [-0.05, 0) is 49.2 Å². The lowest BCUT2D eigenvalue weighted by atomic mass is 9.95. The van der Waals surface area contributed by atoms with Crippen LogP contribution in [0.5, 0.6) is 0 Å². The third-order valence-corrected chi connectivity index (χ3v) is 5.50. The molecule has 0 amide bonds. The van der Waals surface area contributed by atoms with Crippen molar-refractivity contribution in [3.05, 3.63) is 57.5 Å². The average molecular weight is 365 g/mol. The molecule has 1 aromatic carbocycles. The molecule has 1 aliphatic carbocycles. The second-order valence-corrected chi connectivity index (χ2v) is 7.70. The number of aromatic amines is 1. The van der Waals surface area contributed by atoms with Crippen LogP contribution in [0.25, 0.3) is 0 Å². The average Bonchev–Trinajstić information content (AvgIpc) is 3.02. The zero-order valence-electron chi connectivity index (χ0n) is 15.8. The van der Waals surface area contributed by atoms with Gasteiger partial charge in [-0.3, -0.25) is 9.69 Å². The van der Waals surface area contributed by atoms with Gasteiger partial charge in [0, 0.05) is 25.3 Å². The van der Waals surface area contributed by atoms with E-state index in [4.69, 9.17) is 5.73 Å². The fraction of sp³-hybridized carbons (Fsp3) is 0.429. The van der Waals surface area contributed by atoms with Crippen LogP contribution >= 0.6 is 0 Å². The summed E-state index contributed by atoms with van der Waals surface area (Å²) in [4.78, 5) is 22.0. The zero-order valence-corrected chi connectivity index (χ0v) is 15.8. The highest BCUT2D eigenvalue weighted by atomic mass is 16.1. The normalized spacial score (nSPS) is 18.5. The topological polar surface area (TPSA) is 86.5 Å². The molecule has 1 aromatic heterocycles. The molecule has 0 radical (unpaired) electrons. The first-order chi connectivity index (χ1) is 13.1. The van der Waals surface area contributed by atoms with Crippen molar-refractivity contribution in [3.63, 3.8) is 0 Å². The molecule has 1 aliphatic heterocycles. The van der Waals surface area contributed by atoms with Crippen LogP contribution in [0.2, 0.25) is 0 Å². The second-order valence-electron chi connectivity index (χ2n) is 7.70. The van der Waals surface area contributed by atoms with Crippen LogP contribution in [-0.4, -0.2) is 28.8 Å². The molecule has 142 valence electrons. The standard InChI is InChI=1S/C21H27N5O/c1-26-12-14-7-8-17(11-15(14)13-26)25-20(22)19-18(9-10-23-21(19)27)24-16-5-3-2-4-6-16/h7-11,16H,2-6,12-13H2,1H3,(H2,22,25)(H2,23,24,27). The van der Waals surface area contributed by atoms with E-state index in [0.717, 1.165) is 37.3 Å². The first kappa shape index (κ1) is 17.8. The first-order valence-electron chi connectivity index (χ1n) is 9.73. The molecule has 1 fully saturated rings. The number of benzene rings is 1. The molecule has 0 bridgehead atoms. The van der Waals surface area contributed by atoms with Gasteiger partial charge in [0.25, 0.3) is 5.56 Å². The lowest BCUT2D eigenvalue weighted by molar-refractivity contribution is 0.353. The predicted molar refractivity (Wildman–Crippen MR) is 110 cm³/mol. The van der Waals surface area contributed by atoms with Crippen molar-refractivity contribution < 1.29 is 0 Å². The quantitative estimate of drug-likeness (QED) is 0.574. The molecule has 27 heavy (non-hydrogen) atoms. The highest BCUT2D eigenvalue weighted by Crippen LogP contribution is 2.27. The third-order valence-electron chi connectivity index (χ3n) is 5.50. The van der Waals surface area contributed by atoms with Gasteiger partial charge >= 0.3 is 0 Å². The van der Waals surface area contributed by atoms with Crippen molar-refractivity contribution in [1.29, 1.82) is 0 Å². The van der Waals surface area contributed by atoms with Crippen LogP contribution in [0, 0.1) is 0 Å². The largest absolute Gasteiger partial charge is 0.383 e. The number of amidine groups is 1. The van der Waals surface area contributed by atoms with Crippen LogP contribution in [0.1, 0.15) is 48.8 Å². The molecule has 2 heterocycles. The number of hydrogen-bond donors (Lipinski definition) is 3. The van der Waals surface area contributed by atoms with Crippen molar-refractivity contribution in [3.8, 4) is 0 Å². The number of fused-ring (bicyclic) bond motifs is 1. The van der Waals surface area contributed by atoms with Gasteiger partial charge in [0.2, 0.25) is 0 Å². The number of nitrogens with two attached hydrogens (primary N) is 1. The Morgan fingerprint density at radius 3 is 2.78 bits per heavy atom. The van der Waals surface area contributed by atoms with Gasteiger partial charge in [0.1, 0.15) is 11.4 Å². The molecule has 6 nitrogen and oxygen atoms in total. The summed E-state index contributed by atoms with van der Waals surface area (Å²) in [6, 6.07) is 8.41. The maximum absolute atomic E-state index is 12.5. The molecular weight excluding hydrogens is 338 g/mol. The van der Waals surface area contributed by atoms with E-state index in [1.165, 1.54) is 30.4 Å².